The van der Waals surface area contributed by atoms with Gasteiger partial charge in [0.15, 0.2) is 0 Å². The Labute approximate surface area is 168 Å². The number of rotatable bonds is 6. The average Bonchev–Trinajstić information content (AvgIpc) is 2.68. The molecule has 2 aromatic carbocycles. The van der Waals surface area contributed by atoms with E-state index in [0.717, 1.165) is 16.5 Å². The molecule has 3 rings (SSSR count). The summed E-state index contributed by atoms with van der Waals surface area (Å²) in [6.07, 6.45) is 0.0511. The summed E-state index contributed by atoms with van der Waals surface area (Å²) in [5.41, 5.74) is 2.65. The molecule has 28 heavy (non-hydrogen) atoms. The fourth-order valence-electron chi connectivity index (χ4n) is 3.03. The number of carbonyl (C=O) groups excluding carboxylic acids is 2. The van der Waals surface area contributed by atoms with Crippen LogP contribution in [0.2, 0.25) is 5.02 Å². The quantitative estimate of drug-likeness (QED) is 0.617. The number of ether oxygens (including phenoxy) is 1. The number of pyridine rings is 1. The molecule has 5 nitrogen and oxygen atoms in total. The van der Waals surface area contributed by atoms with Crippen molar-refractivity contribution in [3.63, 3.8) is 0 Å². The number of aromatic nitrogens is 1. The van der Waals surface area contributed by atoms with Gasteiger partial charge in [-0.1, -0.05) is 41.9 Å². The lowest BCUT2D eigenvalue weighted by Crippen LogP contribution is -2.31. The number of nitrogens with zero attached hydrogens (tertiary/aromatic N) is 1. The summed E-state index contributed by atoms with van der Waals surface area (Å²) < 4.78 is 5.06. The van der Waals surface area contributed by atoms with Crippen molar-refractivity contribution in [1.82, 2.24) is 10.3 Å². The van der Waals surface area contributed by atoms with Gasteiger partial charge in [-0.15, -0.1) is 0 Å². The van der Waals surface area contributed by atoms with Crippen LogP contribution in [0.25, 0.3) is 10.9 Å². The smallest absolute Gasteiger partial charge is 0.308 e. The molecule has 1 atom stereocenters. The molecule has 0 saturated heterocycles. The summed E-state index contributed by atoms with van der Waals surface area (Å²) in [5.74, 6) is -0.665. The predicted octanol–water partition coefficient (Wildman–Crippen LogP) is 4.62. The summed E-state index contributed by atoms with van der Waals surface area (Å²) >= 11 is 6.06. The summed E-state index contributed by atoms with van der Waals surface area (Å²) in [6, 6.07) is 16.0. The zero-order valence-electron chi connectivity index (χ0n) is 15.7. The monoisotopic (exact) mass is 396 g/mol. The van der Waals surface area contributed by atoms with E-state index in [2.05, 4.69) is 10.3 Å². The molecule has 1 N–H and O–H groups in total. The second-order valence-electron chi connectivity index (χ2n) is 6.40. The van der Waals surface area contributed by atoms with Gasteiger partial charge in [0.2, 0.25) is 0 Å². The fourth-order valence-corrected chi connectivity index (χ4v) is 3.21. The van der Waals surface area contributed by atoms with Crippen molar-refractivity contribution in [2.24, 2.45) is 0 Å². The Kier molecular flexibility index (Phi) is 6.26. The highest BCUT2D eigenvalue weighted by Gasteiger charge is 2.21. The van der Waals surface area contributed by atoms with Gasteiger partial charge < -0.3 is 10.1 Å². The van der Waals surface area contributed by atoms with E-state index >= 15 is 0 Å². The third-order valence-corrected chi connectivity index (χ3v) is 4.63. The maximum atomic E-state index is 13.0. The van der Waals surface area contributed by atoms with E-state index in [-0.39, 0.29) is 18.3 Å². The Bertz CT molecular complexity index is 1010. The molecule has 6 heteroatoms. The van der Waals surface area contributed by atoms with E-state index in [1.807, 2.05) is 36.4 Å². The lowest BCUT2D eigenvalue weighted by molar-refractivity contribution is -0.143. The van der Waals surface area contributed by atoms with E-state index in [1.165, 1.54) is 0 Å². The molecular weight excluding hydrogens is 376 g/mol. The molecule has 0 aliphatic rings. The standard InChI is InChI=1S/C22H21ClN2O3/c1-3-28-21(26)13-20(15-7-5-4-6-8-15)25-22(27)18-12-16-11-17(23)9-10-19(16)24-14(18)2/h4-12,20H,3,13H2,1-2H3,(H,25,27)/t20-/m0/s1. The van der Waals surface area contributed by atoms with E-state index in [0.29, 0.717) is 22.9 Å². The number of benzene rings is 2. The topological polar surface area (TPSA) is 68.3 Å². The molecule has 3 aromatic rings. The molecule has 1 aromatic heterocycles. The van der Waals surface area contributed by atoms with Crippen LogP contribution in [-0.4, -0.2) is 23.5 Å². The number of nitrogens with one attached hydrogen (secondary N) is 1. The van der Waals surface area contributed by atoms with Crippen LogP contribution in [0.15, 0.2) is 54.6 Å². The number of amides is 1. The van der Waals surface area contributed by atoms with E-state index in [1.54, 1.807) is 32.0 Å². The number of hydrogen-bond acceptors (Lipinski definition) is 4. The zero-order valence-corrected chi connectivity index (χ0v) is 16.5. The van der Waals surface area contributed by atoms with Crippen molar-refractivity contribution in [1.29, 1.82) is 0 Å². The predicted molar refractivity (Wildman–Crippen MR) is 109 cm³/mol. The van der Waals surface area contributed by atoms with E-state index < -0.39 is 6.04 Å². The van der Waals surface area contributed by atoms with Crippen LogP contribution < -0.4 is 5.32 Å². The second-order valence-corrected chi connectivity index (χ2v) is 6.84. The van der Waals surface area contributed by atoms with Crippen molar-refractivity contribution < 1.29 is 14.3 Å². The lowest BCUT2D eigenvalue weighted by Gasteiger charge is -2.19. The molecule has 144 valence electrons. The number of halogens is 1. The Morgan fingerprint density at radius 2 is 1.89 bits per heavy atom. The Balaban J connectivity index is 1.90. The minimum absolute atomic E-state index is 0.0511. The minimum Gasteiger partial charge on any atom is -0.466 e. The third-order valence-electron chi connectivity index (χ3n) is 4.40. The van der Waals surface area contributed by atoms with Crippen LogP contribution >= 0.6 is 11.6 Å². The van der Waals surface area contributed by atoms with Crippen LogP contribution in [0.3, 0.4) is 0 Å². The molecule has 0 spiro atoms. The zero-order chi connectivity index (χ0) is 20.1. The van der Waals surface area contributed by atoms with Crippen molar-refractivity contribution >= 4 is 34.4 Å². The highest BCUT2D eigenvalue weighted by Crippen LogP contribution is 2.23. The van der Waals surface area contributed by atoms with Gasteiger partial charge in [0.1, 0.15) is 0 Å². The Hall–Kier alpha value is -2.92. The van der Waals surface area contributed by atoms with Crippen molar-refractivity contribution in [2.75, 3.05) is 6.61 Å². The molecule has 0 fully saturated rings. The maximum Gasteiger partial charge on any atom is 0.308 e. The van der Waals surface area contributed by atoms with Gasteiger partial charge in [0.25, 0.3) is 5.91 Å². The Morgan fingerprint density at radius 1 is 1.14 bits per heavy atom. The molecule has 1 amide bonds. The minimum atomic E-state index is -0.498. The van der Waals surface area contributed by atoms with Crippen molar-refractivity contribution in [3.05, 3.63) is 76.4 Å². The molecule has 0 aliphatic carbocycles. The van der Waals surface area contributed by atoms with Crippen LogP contribution in [0.4, 0.5) is 0 Å². The average molecular weight is 397 g/mol. The molecule has 0 saturated carbocycles. The van der Waals surface area contributed by atoms with Gasteiger partial charge >= 0.3 is 5.97 Å². The first-order valence-electron chi connectivity index (χ1n) is 9.06. The number of carbonyl (C=O) groups is 2. The van der Waals surface area contributed by atoms with E-state index in [4.69, 9.17) is 16.3 Å². The van der Waals surface area contributed by atoms with Gasteiger partial charge in [-0.2, -0.15) is 0 Å². The Morgan fingerprint density at radius 3 is 2.61 bits per heavy atom. The number of hydrogen-bond donors (Lipinski definition) is 1. The van der Waals surface area contributed by atoms with E-state index in [9.17, 15) is 9.59 Å². The number of fused-ring (bicyclic) bond motifs is 1. The molecule has 0 radical (unpaired) electrons. The molecule has 1 heterocycles. The highest BCUT2D eigenvalue weighted by atomic mass is 35.5. The first-order valence-corrected chi connectivity index (χ1v) is 9.44. The summed E-state index contributed by atoms with van der Waals surface area (Å²) in [6.45, 7) is 3.83. The van der Waals surface area contributed by atoms with Crippen LogP contribution in [0, 0.1) is 6.92 Å². The fraction of sp³-hybridized carbons (Fsp3) is 0.227. The van der Waals surface area contributed by atoms with Crippen molar-refractivity contribution in [2.45, 2.75) is 26.3 Å². The third kappa shape index (κ3) is 4.67. The summed E-state index contributed by atoms with van der Waals surface area (Å²) in [4.78, 5) is 29.5. The van der Waals surface area contributed by atoms with Crippen LogP contribution in [-0.2, 0) is 9.53 Å². The first-order chi connectivity index (χ1) is 13.5. The van der Waals surface area contributed by atoms with Crippen LogP contribution in [0.5, 0.6) is 0 Å². The largest absolute Gasteiger partial charge is 0.466 e. The van der Waals surface area contributed by atoms with Gasteiger partial charge in [0.05, 0.1) is 35.8 Å². The van der Waals surface area contributed by atoms with Gasteiger partial charge in [0, 0.05) is 10.4 Å². The number of esters is 1. The normalized spacial score (nSPS) is 11.8. The molecule has 0 aliphatic heterocycles. The number of aryl methyl sites for hydroxylation is 1. The lowest BCUT2D eigenvalue weighted by atomic mass is 10.0. The van der Waals surface area contributed by atoms with Crippen LogP contribution in [0.1, 0.15) is 41.0 Å². The van der Waals surface area contributed by atoms with Gasteiger partial charge in [-0.3, -0.25) is 14.6 Å². The molecule has 0 bridgehead atoms. The molecular formula is C22H21ClN2O3. The first kappa shape index (κ1) is 19.8. The molecule has 0 unspecified atom stereocenters. The summed E-state index contributed by atoms with van der Waals surface area (Å²) in [5, 5.41) is 4.31. The van der Waals surface area contributed by atoms with Crippen molar-refractivity contribution in [3.8, 4) is 0 Å². The highest BCUT2D eigenvalue weighted by molar-refractivity contribution is 6.31. The van der Waals surface area contributed by atoms with Gasteiger partial charge in [-0.25, -0.2) is 0 Å². The van der Waals surface area contributed by atoms with Gasteiger partial charge in [-0.05, 0) is 43.7 Å². The SMILES string of the molecule is CCOC(=O)C[C@H](NC(=O)c1cc2cc(Cl)ccc2nc1C)c1ccccc1. The summed E-state index contributed by atoms with van der Waals surface area (Å²) in [7, 11) is 0. The maximum absolute atomic E-state index is 13.0. The second kappa shape index (κ2) is 8.85.